The molecule has 1 N–H and O–H groups in total. The molecule has 2 aromatic rings. The van der Waals surface area contributed by atoms with E-state index in [-0.39, 0.29) is 11.6 Å². The van der Waals surface area contributed by atoms with Crippen LogP contribution in [0.2, 0.25) is 0 Å². The highest BCUT2D eigenvalue weighted by atomic mass is 32.2. The number of aliphatic carboxylic acids is 1. The number of rotatable bonds is 4. The fraction of sp³-hybridized carbons (Fsp3) is 0.250. The highest BCUT2D eigenvalue weighted by molar-refractivity contribution is 7.99. The number of aromatic nitrogens is 3. The number of carboxylic acid groups (broad SMARTS) is 1. The number of benzene rings is 1. The molecule has 5 nitrogen and oxygen atoms in total. The van der Waals surface area contributed by atoms with E-state index in [0.717, 1.165) is 23.0 Å². The minimum absolute atomic E-state index is 0.0988. The molecular weight excluding hydrogens is 269 g/mol. The second-order valence-electron chi connectivity index (χ2n) is 3.98. The van der Waals surface area contributed by atoms with Gasteiger partial charge >= 0.3 is 5.97 Å². The van der Waals surface area contributed by atoms with Gasteiger partial charge < -0.3 is 5.11 Å². The van der Waals surface area contributed by atoms with Crippen LogP contribution in [0.5, 0.6) is 0 Å². The summed E-state index contributed by atoms with van der Waals surface area (Å²) >= 11 is 1.08. The van der Waals surface area contributed by atoms with E-state index < -0.39 is 5.97 Å². The predicted molar refractivity (Wildman–Crippen MR) is 69.2 cm³/mol. The van der Waals surface area contributed by atoms with Gasteiger partial charge in [0.25, 0.3) is 0 Å². The summed E-state index contributed by atoms with van der Waals surface area (Å²) in [6.45, 7) is 3.55. The summed E-state index contributed by atoms with van der Waals surface area (Å²) in [6, 6.07) is 4.40. The average Bonchev–Trinajstić information content (AvgIpc) is 2.68. The van der Waals surface area contributed by atoms with Gasteiger partial charge in [0.15, 0.2) is 5.16 Å². The van der Waals surface area contributed by atoms with Gasteiger partial charge in [0.1, 0.15) is 11.6 Å². The normalized spacial score (nSPS) is 10.7. The van der Waals surface area contributed by atoms with Gasteiger partial charge in [-0.15, -0.1) is 10.2 Å². The van der Waals surface area contributed by atoms with E-state index in [1.807, 2.05) is 0 Å². The van der Waals surface area contributed by atoms with Crippen molar-refractivity contribution in [1.29, 1.82) is 0 Å². The van der Waals surface area contributed by atoms with Crippen molar-refractivity contribution in [3.63, 3.8) is 0 Å². The van der Waals surface area contributed by atoms with E-state index in [9.17, 15) is 9.18 Å². The SMILES string of the molecule is Cc1cc(F)ccc1-n1c(C)nnc1SCC(=O)O. The van der Waals surface area contributed by atoms with E-state index in [2.05, 4.69) is 10.2 Å². The molecule has 0 radical (unpaired) electrons. The molecule has 7 heteroatoms. The summed E-state index contributed by atoms with van der Waals surface area (Å²) in [5, 5.41) is 17.1. The average molecular weight is 281 g/mol. The quantitative estimate of drug-likeness (QED) is 0.870. The molecule has 0 fully saturated rings. The third kappa shape index (κ3) is 2.93. The first-order chi connectivity index (χ1) is 8.99. The van der Waals surface area contributed by atoms with Crippen LogP contribution in [0.15, 0.2) is 23.4 Å². The predicted octanol–water partition coefficient (Wildman–Crippen LogP) is 2.20. The van der Waals surface area contributed by atoms with Crippen molar-refractivity contribution >= 4 is 17.7 Å². The molecule has 2 rings (SSSR count). The molecule has 0 aliphatic carbocycles. The molecular formula is C12H12FN3O2S. The maximum Gasteiger partial charge on any atom is 0.313 e. The van der Waals surface area contributed by atoms with Crippen LogP contribution in [0.25, 0.3) is 5.69 Å². The zero-order valence-electron chi connectivity index (χ0n) is 10.4. The molecule has 0 aliphatic rings. The lowest BCUT2D eigenvalue weighted by atomic mass is 10.2. The minimum Gasteiger partial charge on any atom is -0.481 e. The minimum atomic E-state index is -0.923. The summed E-state index contributed by atoms with van der Waals surface area (Å²) in [7, 11) is 0. The number of aryl methyl sites for hydroxylation is 2. The lowest BCUT2D eigenvalue weighted by Crippen LogP contribution is -2.04. The van der Waals surface area contributed by atoms with Crippen molar-refractivity contribution < 1.29 is 14.3 Å². The van der Waals surface area contributed by atoms with Crippen molar-refractivity contribution in [3.8, 4) is 5.69 Å². The van der Waals surface area contributed by atoms with Gasteiger partial charge in [-0.3, -0.25) is 9.36 Å². The molecule has 0 atom stereocenters. The van der Waals surface area contributed by atoms with Crippen LogP contribution in [-0.4, -0.2) is 31.6 Å². The molecule has 1 aromatic heterocycles. The Labute approximate surface area is 113 Å². The Bertz CT molecular complexity index is 627. The van der Waals surface area contributed by atoms with Gasteiger partial charge in [-0.25, -0.2) is 4.39 Å². The lowest BCUT2D eigenvalue weighted by Gasteiger charge is -2.10. The van der Waals surface area contributed by atoms with E-state index in [4.69, 9.17) is 5.11 Å². The summed E-state index contributed by atoms with van der Waals surface area (Å²) in [5.41, 5.74) is 1.48. The van der Waals surface area contributed by atoms with Crippen molar-refractivity contribution in [3.05, 3.63) is 35.4 Å². The van der Waals surface area contributed by atoms with E-state index in [1.54, 1.807) is 24.5 Å². The number of carbonyl (C=O) groups is 1. The first kappa shape index (κ1) is 13.5. The molecule has 0 unspecified atom stereocenters. The largest absolute Gasteiger partial charge is 0.481 e. The Balaban J connectivity index is 2.43. The molecule has 19 heavy (non-hydrogen) atoms. The molecule has 0 amide bonds. The summed E-state index contributed by atoms with van der Waals surface area (Å²) in [5.74, 6) is -0.708. The van der Waals surface area contributed by atoms with E-state index >= 15 is 0 Å². The first-order valence-corrected chi connectivity index (χ1v) is 6.50. The first-order valence-electron chi connectivity index (χ1n) is 5.52. The monoisotopic (exact) mass is 281 g/mol. The third-order valence-electron chi connectivity index (χ3n) is 2.52. The molecule has 100 valence electrons. The standard InChI is InChI=1S/C12H12FN3O2S/c1-7-5-9(13)3-4-10(7)16-8(2)14-15-12(16)19-6-11(17)18/h3-5H,6H2,1-2H3,(H,17,18). The molecule has 0 saturated heterocycles. The molecule has 0 aliphatic heterocycles. The van der Waals surface area contributed by atoms with Gasteiger partial charge in [0.2, 0.25) is 0 Å². The number of carboxylic acids is 1. The Morgan fingerprint density at radius 3 is 2.79 bits per heavy atom. The Morgan fingerprint density at radius 1 is 1.42 bits per heavy atom. The Morgan fingerprint density at radius 2 is 2.16 bits per heavy atom. The van der Waals surface area contributed by atoms with Crippen LogP contribution < -0.4 is 0 Å². The summed E-state index contributed by atoms with van der Waals surface area (Å²) < 4.78 is 14.8. The topological polar surface area (TPSA) is 68.0 Å². The van der Waals surface area contributed by atoms with E-state index in [1.165, 1.54) is 12.1 Å². The van der Waals surface area contributed by atoms with Crippen molar-refractivity contribution in [1.82, 2.24) is 14.8 Å². The van der Waals surface area contributed by atoms with Gasteiger partial charge in [-0.2, -0.15) is 0 Å². The highest BCUT2D eigenvalue weighted by Crippen LogP contribution is 2.24. The maximum atomic E-state index is 13.1. The lowest BCUT2D eigenvalue weighted by molar-refractivity contribution is -0.133. The van der Waals surface area contributed by atoms with Gasteiger partial charge in [-0.05, 0) is 37.6 Å². The number of hydrogen-bond acceptors (Lipinski definition) is 4. The van der Waals surface area contributed by atoms with Gasteiger partial charge in [0, 0.05) is 0 Å². The molecule has 0 saturated carbocycles. The van der Waals surface area contributed by atoms with Crippen molar-refractivity contribution in [2.24, 2.45) is 0 Å². The van der Waals surface area contributed by atoms with Crippen LogP contribution in [0.3, 0.4) is 0 Å². The van der Waals surface area contributed by atoms with Gasteiger partial charge in [-0.1, -0.05) is 11.8 Å². The van der Waals surface area contributed by atoms with Crippen molar-refractivity contribution in [2.45, 2.75) is 19.0 Å². The number of hydrogen-bond donors (Lipinski definition) is 1. The van der Waals surface area contributed by atoms with Crippen LogP contribution in [0, 0.1) is 19.7 Å². The number of nitrogens with zero attached hydrogens (tertiary/aromatic N) is 3. The molecule has 1 aromatic carbocycles. The molecule has 0 bridgehead atoms. The summed E-state index contributed by atoms with van der Waals surface area (Å²) in [4.78, 5) is 10.6. The summed E-state index contributed by atoms with van der Waals surface area (Å²) in [6.07, 6.45) is 0. The maximum absolute atomic E-state index is 13.1. The second-order valence-corrected chi connectivity index (χ2v) is 4.92. The molecule has 1 heterocycles. The highest BCUT2D eigenvalue weighted by Gasteiger charge is 2.14. The third-order valence-corrected chi connectivity index (χ3v) is 3.43. The fourth-order valence-electron chi connectivity index (χ4n) is 1.71. The molecule has 0 spiro atoms. The van der Waals surface area contributed by atoms with Crippen LogP contribution >= 0.6 is 11.8 Å². The van der Waals surface area contributed by atoms with Crippen molar-refractivity contribution in [2.75, 3.05) is 5.75 Å². The van der Waals surface area contributed by atoms with E-state index in [0.29, 0.717) is 11.0 Å². The Hall–Kier alpha value is -1.89. The van der Waals surface area contributed by atoms with Gasteiger partial charge in [0.05, 0.1) is 11.4 Å². The smallest absolute Gasteiger partial charge is 0.313 e. The van der Waals surface area contributed by atoms with Crippen LogP contribution in [0.4, 0.5) is 4.39 Å². The fourth-order valence-corrected chi connectivity index (χ4v) is 2.42. The zero-order chi connectivity index (χ0) is 14.0. The zero-order valence-corrected chi connectivity index (χ0v) is 11.2. The Kier molecular flexibility index (Phi) is 3.84. The van der Waals surface area contributed by atoms with Crippen LogP contribution in [0.1, 0.15) is 11.4 Å². The van der Waals surface area contributed by atoms with Crippen LogP contribution in [-0.2, 0) is 4.79 Å². The number of halogens is 1. The second kappa shape index (κ2) is 5.40. The number of thioether (sulfide) groups is 1.